The van der Waals surface area contributed by atoms with Crippen molar-refractivity contribution in [3.63, 3.8) is 0 Å². The number of benzene rings is 3. The average molecular weight is 994 g/mol. The lowest BCUT2D eigenvalue weighted by atomic mass is 9.92. The van der Waals surface area contributed by atoms with Gasteiger partial charge in [0.05, 0.1) is 74.0 Å². The summed E-state index contributed by atoms with van der Waals surface area (Å²) in [6.45, 7) is 16.4. The van der Waals surface area contributed by atoms with E-state index in [1.54, 1.807) is 75.2 Å². The van der Waals surface area contributed by atoms with Crippen LogP contribution in [0.25, 0.3) is 0 Å². The summed E-state index contributed by atoms with van der Waals surface area (Å²) in [6, 6.07) is 9.70. The molecule has 3 aromatic carbocycles. The van der Waals surface area contributed by atoms with E-state index in [0.29, 0.717) is 59.0 Å². The predicted octanol–water partition coefficient (Wildman–Crippen LogP) is 4.89. The molecule has 0 aromatic heterocycles. The molecule has 0 aliphatic carbocycles. The molecule has 3 aromatic rings. The van der Waals surface area contributed by atoms with E-state index in [4.69, 9.17) is 23.7 Å². The number of carbonyl (C=O) groups excluding carboxylic acids is 6. The van der Waals surface area contributed by atoms with E-state index in [0.717, 1.165) is 10.5 Å². The van der Waals surface area contributed by atoms with Gasteiger partial charge in [0.15, 0.2) is 29.2 Å². The highest BCUT2D eigenvalue weighted by atomic mass is 16.6. The predicted molar refractivity (Wildman–Crippen MR) is 266 cm³/mol. The van der Waals surface area contributed by atoms with Crippen molar-refractivity contribution in [1.82, 2.24) is 20.4 Å². The lowest BCUT2D eigenvalue weighted by Gasteiger charge is -2.31. The molecule has 2 saturated heterocycles. The van der Waals surface area contributed by atoms with Gasteiger partial charge in [-0.1, -0.05) is 50.3 Å². The second-order valence-electron chi connectivity index (χ2n) is 19.3. The van der Waals surface area contributed by atoms with Gasteiger partial charge < -0.3 is 59.6 Å². The van der Waals surface area contributed by atoms with Crippen molar-refractivity contribution < 1.29 is 62.7 Å². The SMILES string of the molecule is C=C1C[C@H]2C=Nc3cc(OCCCOc4cc5c(cc4OC)C(=O)N4CC(=C)C[C@H]4[C@H](O)N5C(=O)OCc4ccc(NC(=O)[C@H](C)NC(=O)[C@@H](NC(=O)C(C)(C)CO)C(C)C)cc4)c(OC)cc3C(=O)N2C1. The fourth-order valence-electron chi connectivity index (χ4n) is 8.67. The molecule has 384 valence electrons. The van der Waals surface area contributed by atoms with Gasteiger partial charge in [0, 0.05) is 43.5 Å². The Morgan fingerprint density at radius 2 is 1.43 bits per heavy atom. The highest BCUT2D eigenvalue weighted by Gasteiger charge is 2.46. The largest absolute Gasteiger partial charge is 0.493 e. The smallest absolute Gasteiger partial charge is 0.416 e. The van der Waals surface area contributed by atoms with Gasteiger partial charge in [-0.2, -0.15) is 0 Å². The average Bonchev–Trinajstić information content (AvgIpc) is 3.89. The van der Waals surface area contributed by atoms with E-state index in [-0.39, 0.29) is 73.4 Å². The number of rotatable bonds is 18. The fourth-order valence-corrected chi connectivity index (χ4v) is 8.67. The Bertz CT molecular complexity index is 2670. The Balaban J connectivity index is 0.997. The maximum Gasteiger partial charge on any atom is 0.416 e. The molecule has 7 rings (SSSR count). The van der Waals surface area contributed by atoms with E-state index in [9.17, 15) is 39.0 Å². The second kappa shape index (κ2) is 21.9. The Morgan fingerprint density at radius 3 is 2.07 bits per heavy atom. The van der Waals surface area contributed by atoms with E-state index in [2.05, 4.69) is 34.1 Å². The van der Waals surface area contributed by atoms with Crippen LogP contribution in [0.4, 0.5) is 21.9 Å². The van der Waals surface area contributed by atoms with Gasteiger partial charge in [-0.3, -0.25) is 29.0 Å². The minimum atomic E-state index is -1.54. The summed E-state index contributed by atoms with van der Waals surface area (Å²) in [6.07, 6.45) is 0.510. The molecule has 20 nitrogen and oxygen atoms in total. The monoisotopic (exact) mass is 993 g/mol. The lowest BCUT2D eigenvalue weighted by molar-refractivity contribution is -0.137. The van der Waals surface area contributed by atoms with Gasteiger partial charge in [-0.25, -0.2) is 9.69 Å². The maximum atomic E-state index is 14.1. The first-order chi connectivity index (χ1) is 34.2. The number of nitrogens with zero attached hydrogens (tertiary/aromatic N) is 4. The van der Waals surface area contributed by atoms with Crippen molar-refractivity contribution in [3.8, 4) is 23.0 Å². The van der Waals surface area contributed by atoms with Gasteiger partial charge in [0.1, 0.15) is 18.7 Å². The minimum Gasteiger partial charge on any atom is -0.493 e. The lowest BCUT2D eigenvalue weighted by Crippen LogP contribution is -2.56. The summed E-state index contributed by atoms with van der Waals surface area (Å²) in [5.74, 6) is -1.38. The zero-order chi connectivity index (χ0) is 52.2. The molecule has 0 bridgehead atoms. The highest BCUT2D eigenvalue weighted by Crippen LogP contribution is 2.43. The Morgan fingerprint density at radius 1 is 0.819 bits per heavy atom. The normalized spacial score (nSPS) is 19.0. The first-order valence-electron chi connectivity index (χ1n) is 23.7. The number of carbonyl (C=O) groups is 6. The number of hydrogen-bond donors (Lipinski definition) is 5. The standard InChI is InChI=1S/C52H63N7O13/c1-28(2)44(56-50(66)52(6,7)27-60)46(62)54-31(5)45(61)55-33-13-11-32(12-14-33)26-72-51(67)59-38-22-43(41(69-9)20-36(38)48(64)58-25-30(4)18-39(58)49(59)65)71-16-10-15-70-42-21-37-35(19-40(42)68-8)47(63)57-24-29(3)17-34(57)23-53-37/h11-14,19-23,28,31,34,39,44,49,60,65H,3-4,10,15-18,24-27H2,1-2,5-9H3,(H,54,62)(H,55,61)(H,56,66)/t31-,34-,39-,44-,49-/m0/s1. The molecule has 0 saturated carbocycles. The molecule has 0 unspecified atom stereocenters. The summed E-state index contributed by atoms with van der Waals surface area (Å²) in [5, 5.41) is 29.5. The fraction of sp³-hybridized carbons (Fsp3) is 0.442. The van der Waals surface area contributed by atoms with Crippen LogP contribution in [0.5, 0.6) is 23.0 Å². The maximum absolute atomic E-state index is 14.1. The molecule has 0 spiro atoms. The number of amides is 6. The number of aliphatic imine (C=N–C) groups is 1. The zero-order valence-corrected chi connectivity index (χ0v) is 41.6. The molecule has 6 amide bonds. The number of hydrogen-bond acceptors (Lipinski definition) is 14. The van der Waals surface area contributed by atoms with Crippen LogP contribution in [0, 0.1) is 11.3 Å². The number of nitrogens with one attached hydrogen (secondary N) is 3. The minimum absolute atomic E-state index is 0.0366. The first kappa shape index (κ1) is 52.4. The van der Waals surface area contributed by atoms with Crippen LogP contribution >= 0.6 is 0 Å². The zero-order valence-electron chi connectivity index (χ0n) is 41.6. The second-order valence-corrected chi connectivity index (χ2v) is 19.3. The van der Waals surface area contributed by atoms with Gasteiger partial charge in [-0.15, -0.1) is 0 Å². The van der Waals surface area contributed by atoms with Crippen LogP contribution in [0.15, 0.2) is 77.8 Å². The van der Waals surface area contributed by atoms with E-state index in [1.807, 2.05) is 0 Å². The Hall–Kier alpha value is -7.45. The summed E-state index contributed by atoms with van der Waals surface area (Å²) >= 11 is 0. The van der Waals surface area contributed by atoms with Crippen LogP contribution in [0.1, 0.15) is 80.2 Å². The van der Waals surface area contributed by atoms with E-state index >= 15 is 0 Å². The number of anilines is 2. The van der Waals surface area contributed by atoms with Crippen LogP contribution in [-0.4, -0.2) is 139 Å². The summed E-state index contributed by atoms with van der Waals surface area (Å²) in [4.78, 5) is 89.4. The third-order valence-corrected chi connectivity index (χ3v) is 13.0. The van der Waals surface area contributed by atoms with Crippen molar-refractivity contribution in [2.45, 2.75) is 90.9 Å². The van der Waals surface area contributed by atoms with Crippen molar-refractivity contribution in [2.75, 3.05) is 57.3 Å². The molecule has 4 aliphatic rings. The molecule has 20 heteroatoms. The molecule has 4 aliphatic heterocycles. The third kappa shape index (κ3) is 11.2. The first-order valence-corrected chi connectivity index (χ1v) is 23.7. The number of methoxy groups -OCH3 is 2. The molecule has 0 radical (unpaired) electrons. The van der Waals surface area contributed by atoms with Crippen LogP contribution in [0.3, 0.4) is 0 Å². The van der Waals surface area contributed by atoms with E-state index < -0.39 is 66.1 Å². The molecular weight excluding hydrogens is 931 g/mol. The molecule has 5 N–H and O–H groups in total. The van der Waals surface area contributed by atoms with Crippen molar-refractivity contribution in [2.24, 2.45) is 16.3 Å². The number of ether oxygens (including phenoxy) is 5. The number of fused-ring (bicyclic) bond motifs is 4. The topological polar surface area (TPSA) is 247 Å². The van der Waals surface area contributed by atoms with Gasteiger partial charge in [0.2, 0.25) is 17.7 Å². The Kier molecular flexibility index (Phi) is 15.9. The van der Waals surface area contributed by atoms with Crippen LogP contribution < -0.4 is 39.8 Å². The molecular formula is C52H63N7O13. The number of aliphatic hydroxyl groups is 2. The molecule has 5 atom stereocenters. The quantitative estimate of drug-likeness (QED) is 0.0843. The van der Waals surface area contributed by atoms with Crippen molar-refractivity contribution >= 4 is 58.9 Å². The van der Waals surface area contributed by atoms with Gasteiger partial charge in [-0.05, 0) is 69.4 Å². The number of aliphatic hydroxyl groups excluding tert-OH is 2. The van der Waals surface area contributed by atoms with Crippen molar-refractivity contribution in [1.29, 1.82) is 0 Å². The molecule has 2 fully saturated rings. The Labute approximate surface area is 418 Å². The van der Waals surface area contributed by atoms with Crippen molar-refractivity contribution in [3.05, 3.63) is 89.5 Å². The third-order valence-electron chi connectivity index (χ3n) is 13.0. The van der Waals surface area contributed by atoms with Gasteiger partial charge >= 0.3 is 6.09 Å². The summed E-state index contributed by atoms with van der Waals surface area (Å²) in [5.41, 5.74) is 2.43. The summed E-state index contributed by atoms with van der Waals surface area (Å²) in [7, 11) is 2.91. The van der Waals surface area contributed by atoms with Gasteiger partial charge in [0.25, 0.3) is 11.8 Å². The molecule has 4 heterocycles. The highest BCUT2D eigenvalue weighted by molar-refractivity contribution is 6.06. The van der Waals surface area contributed by atoms with Crippen LogP contribution in [0.2, 0.25) is 0 Å². The molecule has 72 heavy (non-hydrogen) atoms. The summed E-state index contributed by atoms with van der Waals surface area (Å²) < 4.78 is 29.3. The van der Waals surface area contributed by atoms with E-state index in [1.165, 1.54) is 38.2 Å². The van der Waals surface area contributed by atoms with Crippen LogP contribution in [-0.2, 0) is 25.7 Å².